The van der Waals surface area contributed by atoms with Crippen molar-refractivity contribution in [1.82, 2.24) is 14.9 Å². The summed E-state index contributed by atoms with van der Waals surface area (Å²) in [5.74, 6) is -0.191. The zero-order valence-electron chi connectivity index (χ0n) is 12.7. The lowest BCUT2D eigenvalue weighted by Gasteiger charge is -2.35. The van der Waals surface area contributed by atoms with Crippen molar-refractivity contribution >= 4 is 28.3 Å². The SMILES string of the molecule is CC(NS(=O)(=O)c1ccccc1)C(=O)N1CCNC[C@H]1C.Cl. The van der Waals surface area contributed by atoms with E-state index in [-0.39, 0.29) is 29.3 Å². The number of hydrogen-bond acceptors (Lipinski definition) is 4. The van der Waals surface area contributed by atoms with Crippen LogP contribution in [0.5, 0.6) is 0 Å². The molecule has 2 N–H and O–H groups in total. The molecule has 1 fully saturated rings. The highest BCUT2D eigenvalue weighted by atomic mass is 35.5. The van der Waals surface area contributed by atoms with Gasteiger partial charge in [0.1, 0.15) is 0 Å². The summed E-state index contributed by atoms with van der Waals surface area (Å²) in [4.78, 5) is 14.3. The Labute approximate surface area is 137 Å². The summed E-state index contributed by atoms with van der Waals surface area (Å²) in [7, 11) is -3.67. The fourth-order valence-corrected chi connectivity index (χ4v) is 3.59. The van der Waals surface area contributed by atoms with E-state index < -0.39 is 16.1 Å². The Hall–Kier alpha value is -1.15. The van der Waals surface area contributed by atoms with Crippen molar-refractivity contribution in [2.75, 3.05) is 19.6 Å². The fraction of sp³-hybridized carbons (Fsp3) is 0.500. The van der Waals surface area contributed by atoms with Crippen LogP contribution in [0.3, 0.4) is 0 Å². The molecule has 1 unspecified atom stereocenters. The number of halogens is 1. The van der Waals surface area contributed by atoms with E-state index in [0.29, 0.717) is 6.54 Å². The van der Waals surface area contributed by atoms with E-state index in [1.165, 1.54) is 12.1 Å². The molecule has 6 nitrogen and oxygen atoms in total. The van der Waals surface area contributed by atoms with Gasteiger partial charge in [0.05, 0.1) is 10.9 Å². The van der Waals surface area contributed by atoms with Gasteiger partial charge in [-0.2, -0.15) is 4.72 Å². The monoisotopic (exact) mass is 347 g/mol. The highest BCUT2D eigenvalue weighted by molar-refractivity contribution is 7.89. The normalized spacial score (nSPS) is 20.1. The molecular weight excluding hydrogens is 326 g/mol. The van der Waals surface area contributed by atoms with E-state index in [0.717, 1.165) is 13.1 Å². The maximum absolute atomic E-state index is 12.4. The fourth-order valence-electron chi connectivity index (χ4n) is 2.37. The van der Waals surface area contributed by atoms with E-state index in [4.69, 9.17) is 0 Å². The number of nitrogens with one attached hydrogen (secondary N) is 2. The molecule has 124 valence electrons. The van der Waals surface area contributed by atoms with Crippen LogP contribution in [-0.4, -0.2) is 50.9 Å². The van der Waals surface area contributed by atoms with Crippen LogP contribution in [0.2, 0.25) is 0 Å². The average molecular weight is 348 g/mol. The van der Waals surface area contributed by atoms with Gasteiger partial charge < -0.3 is 10.2 Å². The minimum atomic E-state index is -3.67. The Morgan fingerprint density at radius 1 is 1.36 bits per heavy atom. The van der Waals surface area contributed by atoms with Crippen molar-refractivity contribution in [1.29, 1.82) is 0 Å². The Kier molecular flexibility index (Phi) is 6.80. The molecule has 0 radical (unpaired) electrons. The predicted octanol–water partition coefficient (Wildman–Crippen LogP) is 0.595. The maximum Gasteiger partial charge on any atom is 0.241 e. The lowest BCUT2D eigenvalue weighted by Crippen LogP contribution is -2.57. The first-order valence-corrected chi connectivity index (χ1v) is 8.48. The van der Waals surface area contributed by atoms with Crippen molar-refractivity contribution in [3.05, 3.63) is 30.3 Å². The molecule has 0 aliphatic carbocycles. The second-order valence-corrected chi connectivity index (χ2v) is 6.95. The lowest BCUT2D eigenvalue weighted by molar-refractivity contribution is -0.135. The van der Waals surface area contributed by atoms with Crippen molar-refractivity contribution in [2.45, 2.75) is 30.8 Å². The minimum Gasteiger partial charge on any atom is -0.336 e. The number of sulfonamides is 1. The molecule has 1 heterocycles. The molecular formula is C14H22ClN3O3S. The van der Waals surface area contributed by atoms with Crippen LogP contribution < -0.4 is 10.0 Å². The van der Waals surface area contributed by atoms with Gasteiger partial charge in [-0.15, -0.1) is 12.4 Å². The largest absolute Gasteiger partial charge is 0.336 e. The van der Waals surface area contributed by atoms with Crippen molar-refractivity contribution in [3.8, 4) is 0 Å². The van der Waals surface area contributed by atoms with Crippen molar-refractivity contribution in [2.24, 2.45) is 0 Å². The predicted molar refractivity (Wildman–Crippen MR) is 87.5 cm³/mol. The Balaban J connectivity index is 0.00000242. The summed E-state index contributed by atoms with van der Waals surface area (Å²) in [5.41, 5.74) is 0. The first-order valence-electron chi connectivity index (χ1n) is 7.00. The Morgan fingerprint density at radius 3 is 2.59 bits per heavy atom. The zero-order valence-corrected chi connectivity index (χ0v) is 14.3. The quantitative estimate of drug-likeness (QED) is 0.836. The smallest absolute Gasteiger partial charge is 0.241 e. The van der Waals surface area contributed by atoms with Gasteiger partial charge in [0.2, 0.25) is 15.9 Å². The van der Waals surface area contributed by atoms with Crippen LogP contribution in [0.1, 0.15) is 13.8 Å². The number of carbonyl (C=O) groups is 1. The maximum atomic E-state index is 12.4. The van der Waals surface area contributed by atoms with Gasteiger partial charge in [-0.05, 0) is 26.0 Å². The van der Waals surface area contributed by atoms with E-state index in [2.05, 4.69) is 10.0 Å². The van der Waals surface area contributed by atoms with E-state index in [1.807, 2.05) is 6.92 Å². The number of hydrogen-bond donors (Lipinski definition) is 2. The molecule has 8 heteroatoms. The molecule has 0 bridgehead atoms. The number of nitrogens with zero attached hydrogens (tertiary/aromatic N) is 1. The topological polar surface area (TPSA) is 78.5 Å². The third-order valence-electron chi connectivity index (χ3n) is 3.54. The third-order valence-corrected chi connectivity index (χ3v) is 5.10. The van der Waals surface area contributed by atoms with E-state index in [1.54, 1.807) is 30.0 Å². The number of piperazine rings is 1. The van der Waals surface area contributed by atoms with E-state index in [9.17, 15) is 13.2 Å². The number of amides is 1. The van der Waals surface area contributed by atoms with Gasteiger partial charge in [0.25, 0.3) is 0 Å². The third kappa shape index (κ3) is 4.42. The highest BCUT2D eigenvalue weighted by Crippen LogP contribution is 2.10. The second-order valence-electron chi connectivity index (χ2n) is 5.24. The van der Waals surface area contributed by atoms with Crippen molar-refractivity contribution < 1.29 is 13.2 Å². The van der Waals surface area contributed by atoms with Gasteiger partial charge in [0.15, 0.2) is 0 Å². The van der Waals surface area contributed by atoms with Crippen molar-refractivity contribution in [3.63, 3.8) is 0 Å². The van der Waals surface area contributed by atoms with Crippen LogP contribution in [0, 0.1) is 0 Å². The molecule has 1 amide bonds. The summed E-state index contributed by atoms with van der Waals surface area (Å²) < 4.78 is 26.9. The van der Waals surface area contributed by atoms with Gasteiger partial charge in [-0.3, -0.25) is 4.79 Å². The summed E-state index contributed by atoms with van der Waals surface area (Å²) in [6, 6.07) is 7.35. The summed E-state index contributed by atoms with van der Waals surface area (Å²) in [6.45, 7) is 5.58. The molecule has 0 spiro atoms. The molecule has 2 atom stereocenters. The molecule has 22 heavy (non-hydrogen) atoms. The van der Waals surface area contributed by atoms with Gasteiger partial charge in [-0.1, -0.05) is 18.2 Å². The molecule has 2 rings (SSSR count). The van der Waals surface area contributed by atoms with Crippen LogP contribution in [0.4, 0.5) is 0 Å². The summed E-state index contributed by atoms with van der Waals surface area (Å²) in [6.07, 6.45) is 0. The lowest BCUT2D eigenvalue weighted by atomic mass is 10.2. The molecule has 1 aliphatic heterocycles. The molecule has 0 saturated carbocycles. The molecule has 1 aliphatic rings. The van der Waals surface area contributed by atoms with Gasteiger partial charge in [0, 0.05) is 25.7 Å². The summed E-state index contributed by atoms with van der Waals surface area (Å²) in [5, 5.41) is 3.20. The Bertz CT molecular complexity index is 595. The Morgan fingerprint density at radius 2 is 2.00 bits per heavy atom. The molecule has 1 saturated heterocycles. The summed E-state index contributed by atoms with van der Waals surface area (Å²) >= 11 is 0. The van der Waals surface area contributed by atoms with Crippen LogP contribution in [0.15, 0.2) is 35.2 Å². The second kappa shape index (κ2) is 7.92. The van der Waals surface area contributed by atoms with Gasteiger partial charge >= 0.3 is 0 Å². The number of benzene rings is 1. The number of rotatable bonds is 4. The van der Waals surface area contributed by atoms with Crippen LogP contribution >= 0.6 is 12.4 Å². The van der Waals surface area contributed by atoms with Crippen LogP contribution in [0.25, 0.3) is 0 Å². The average Bonchev–Trinajstić information content (AvgIpc) is 2.47. The molecule has 1 aromatic carbocycles. The standard InChI is InChI=1S/C14H21N3O3S.ClH/c1-11-10-15-8-9-17(11)14(18)12(2)16-21(19,20)13-6-4-3-5-7-13;/h3-7,11-12,15-16H,8-10H2,1-2H3;1H/t11-,12?;/m1./s1. The zero-order chi connectivity index (χ0) is 15.5. The molecule has 0 aromatic heterocycles. The highest BCUT2D eigenvalue weighted by Gasteiger charge is 2.29. The van der Waals surface area contributed by atoms with Crippen LogP contribution in [-0.2, 0) is 14.8 Å². The molecule has 1 aromatic rings. The first kappa shape index (κ1) is 18.9. The van der Waals surface area contributed by atoms with Gasteiger partial charge in [-0.25, -0.2) is 8.42 Å². The van der Waals surface area contributed by atoms with E-state index >= 15 is 0 Å². The minimum absolute atomic E-state index is 0. The first-order chi connectivity index (χ1) is 9.92. The number of carbonyl (C=O) groups excluding carboxylic acids is 1.